The summed E-state index contributed by atoms with van der Waals surface area (Å²) in [5.41, 5.74) is 0. The molecular formula is C11H21NO3. The number of hydrogen-bond donors (Lipinski definition) is 1. The summed E-state index contributed by atoms with van der Waals surface area (Å²) in [6.45, 7) is 6.34. The van der Waals surface area contributed by atoms with Gasteiger partial charge in [0.1, 0.15) is 6.79 Å². The molecule has 88 valence electrons. The van der Waals surface area contributed by atoms with Crippen LogP contribution in [0.5, 0.6) is 0 Å². The Morgan fingerprint density at radius 3 is 2.93 bits per heavy atom. The monoisotopic (exact) mass is 215 g/mol. The highest BCUT2D eigenvalue weighted by molar-refractivity contribution is 4.79. The van der Waals surface area contributed by atoms with Crippen LogP contribution in [0.4, 0.5) is 0 Å². The second-order valence-electron chi connectivity index (χ2n) is 4.70. The topological polar surface area (TPSA) is 41.9 Å². The molecule has 2 aliphatic rings. The van der Waals surface area contributed by atoms with Crippen LogP contribution in [0.2, 0.25) is 0 Å². The van der Waals surface area contributed by atoms with Crippen LogP contribution in [0, 0.1) is 5.92 Å². The molecule has 15 heavy (non-hydrogen) atoms. The van der Waals surface area contributed by atoms with E-state index in [-0.39, 0.29) is 6.10 Å². The van der Waals surface area contributed by atoms with Crippen molar-refractivity contribution in [2.24, 2.45) is 5.92 Å². The molecule has 2 saturated heterocycles. The third-order valence-electron chi connectivity index (χ3n) is 3.38. The van der Waals surface area contributed by atoms with E-state index in [0.29, 0.717) is 18.8 Å². The van der Waals surface area contributed by atoms with E-state index in [0.717, 1.165) is 39.1 Å². The minimum atomic E-state index is -0.114. The predicted molar refractivity (Wildman–Crippen MR) is 56.5 cm³/mol. The van der Waals surface area contributed by atoms with Crippen LogP contribution in [0.25, 0.3) is 0 Å². The van der Waals surface area contributed by atoms with Crippen molar-refractivity contribution in [3.05, 3.63) is 0 Å². The average Bonchev–Trinajstić information content (AvgIpc) is 2.25. The van der Waals surface area contributed by atoms with Crippen molar-refractivity contribution in [3.63, 3.8) is 0 Å². The van der Waals surface area contributed by atoms with E-state index in [1.807, 2.05) is 0 Å². The highest BCUT2D eigenvalue weighted by Crippen LogP contribution is 2.18. The maximum Gasteiger partial charge on any atom is 0.147 e. The van der Waals surface area contributed by atoms with Gasteiger partial charge in [0.2, 0.25) is 0 Å². The lowest BCUT2D eigenvalue weighted by Crippen LogP contribution is -2.46. The van der Waals surface area contributed by atoms with Gasteiger partial charge in [0, 0.05) is 19.6 Å². The van der Waals surface area contributed by atoms with Crippen molar-refractivity contribution in [1.82, 2.24) is 4.90 Å². The molecule has 0 aromatic carbocycles. The van der Waals surface area contributed by atoms with Crippen molar-refractivity contribution in [1.29, 1.82) is 0 Å². The lowest BCUT2D eigenvalue weighted by atomic mass is 9.96. The van der Waals surface area contributed by atoms with Gasteiger partial charge in [-0.1, -0.05) is 6.92 Å². The zero-order valence-electron chi connectivity index (χ0n) is 9.39. The van der Waals surface area contributed by atoms with Gasteiger partial charge >= 0.3 is 0 Å². The Morgan fingerprint density at radius 2 is 2.27 bits per heavy atom. The van der Waals surface area contributed by atoms with E-state index < -0.39 is 0 Å². The summed E-state index contributed by atoms with van der Waals surface area (Å²) in [5, 5.41) is 9.62. The summed E-state index contributed by atoms with van der Waals surface area (Å²) in [4.78, 5) is 2.40. The van der Waals surface area contributed by atoms with Gasteiger partial charge in [0.25, 0.3) is 0 Å². The Bertz CT molecular complexity index is 194. The number of hydrogen-bond acceptors (Lipinski definition) is 4. The fourth-order valence-electron chi connectivity index (χ4n) is 2.32. The maximum atomic E-state index is 9.62. The number of aliphatic hydroxyl groups excluding tert-OH is 1. The molecule has 1 N–H and O–H groups in total. The van der Waals surface area contributed by atoms with Crippen LogP contribution in [-0.2, 0) is 9.47 Å². The highest BCUT2D eigenvalue weighted by Gasteiger charge is 2.26. The predicted octanol–water partition coefficient (Wildman–Crippen LogP) is 0.452. The highest BCUT2D eigenvalue weighted by atomic mass is 16.7. The van der Waals surface area contributed by atoms with Gasteiger partial charge in [-0.3, -0.25) is 0 Å². The lowest BCUT2D eigenvalue weighted by molar-refractivity contribution is -0.147. The van der Waals surface area contributed by atoms with Crippen LogP contribution in [0.3, 0.4) is 0 Å². The summed E-state index contributed by atoms with van der Waals surface area (Å²) in [5.74, 6) is 0.388. The van der Waals surface area contributed by atoms with Gasteiger partial charge in [0.05, 0.1) is 18.8 Å². The molecule has 0 spiro atoms. The molecule has 4 heteroatoms. The van der Waals surface area contributed by atoms with Crippen LogP contribution in [0.1, 0.15) is 19.8 Å². The largest absolute Gasteiger partial charge is 0.393 e. The van der Waals surface area contributed by atoms with Gasteiger partial charge in [-0.25, -0.2) is 0 Å². The first kappa shape index (κ1) is 11.3. The Hall–Kier alpha value is -0.160. The van der Waals surface area contributed by atoms with Crippen LogP contribution < -0.4 is 0 Å². The molecule has 0 aromatic rings. The first-order chi connectivity index (χ1) is 7.25. The molecule has 0 bridgehead atoms. The molecule has 0 aliphatic carbocycles. The Kier molecular flexibility index (Phi) is 3.97. The Balaban J connectivity index is 1.74. The minimum Gasteiger partial charge on any atom is -0.393 e. The fourth-order valence-corrected chi connectivity index (χ4v) is 2.32. The second kappa shape index (κ2) is 5.25. The summed E-state index contributed by atoms with van der Waals surface area (Å²) in [6.07, 6.45) is 2.09. The molecular weight excluding hydrogens is 194 g/mol. The zero-order chi connectivity index (χ0) is 10.7. The summed E-state index contributed by atoms with van der Waals surface area (Å²) >= 11 is 0. The number of piperidine rings is 1. The third-order valence-corrected chi connectivity index (χ3v) is 3.38. The van der Waals surface area contributed by atoms with Gasteiger partial charge < -0.3 is 19.5 Å². The van der Waals surface area contributed by atoms with E-state index in [4.69, 9.17) is 9.47 Å². The van der Waals surface area contributed by atoms with Crippen molar-refractivity contribution >= 4 is 0 Å². The molecule has 0 amide bonds. The van der Waals surface area contributed by atoms with Gasteiger partial charge in [-0.2, -0.15) is 0 Å². The van der Waals surface area contributed by atoms with E-state index in [1.54, 1.807) is 0 Å². The van der Waals surface area contributed by atoms with Gasteiger partial charge in [-0.05, 0) is 18.8 Å². The van der Waals surface area contributed by atoms with Crippen molar-refractivity contribution in [2.75, 3.05) is 33.0 Å². The summed E-state index contributed by atoms with van der Waals surface area (Å²) in [7, 11) is 0. The molecule has 0 aromatic heterocycles. The maximum absolute atomic E-state index is 9.62. The van der Waals surface area contributed by atoms with Gasteiger partial charge in [0.15, 0.2) is 0 Å². The van der Waals surface area contributed by atoms with E-state index >= 15 is 0 Å². The number of ether oxygens (including phenoxy) is 2. The first-order valence-electron chi connectivity index (χ1n) is 5.85. The molecule has 2 aliphatic heterocycles. The van der Waals surface area contributed by atoms with Crippen LogP contribution >= 0.6 is 0 Å². The van der Waals surface area contributed by atoms with Gasteiger partial charge in [-0.15, -0.1) is 0 Å². The van der Waals surface area contributed by atoms with E-state index in [9.17, 15) is 5.11 Å². The zero-order valence-corrected chi connectivity index (χ0v) is 9.39. The molecule has 2 rings (SSSR count). The van der Waals surface area contributed by atoms with E-state index in [1.165, 1.54) is 0 Å². The SMILES string of the molecule is CC1CN(CC2CCOCO2)CCC1O. The minimum absolute atomic E-state index is 0.114. The normalized spacial score (nSPS) is 39.2. The molecule has 3 unspecified atom stereocenters. The number of nitrogens with zero attached hydrogens (tertiary/aromatic N) is 1. The van der Waals surface area contributed by atoms with Crippen LogP contribution in [-0.4, -0.2) is 55.2 Å². The average molecular weight is 215 g/mol. The fraction of sp³-hybridized carbons (Fsp3) is 1.00. The molecule has 0 saturated carbocycles. The van der Waals surface area contributed by atoms with Crippen LogP contribution in [0.15, 0.2) is 0 Å². The standard InChI is InChI=1S/C11H21NO3/c1-9-6-12(4-2-11(9)13)7-10-3-5-14-8-15-10/h9-11,13H,2-8H2,1H3. The molecule has 2 fully saturated rings. The third kappa shape index (κ3) is 3.14. The quantitative estimate of drug-likeness (QED) is 0.726. The Morgan fingerprint density at radius 1 is 1.40 bits per heavy atom. The van der Waals surface area contributed by atoms with Crippen molar-refractivity contribution in [3.8, 4) is 0 Å². The second-order valence-corrected chi connectivity index (χ2v) is 4.70. The smallest absolute Gasteiger partial charge is 0.147 e. The molecule has 0 radical (unpaired) electrons. The van der Waals surface area contributed by atoms with Crippen molar-refractivity contribution in [2.45, 2.75) is 32.0 Å². The summed E-state index contributed by atoms with van der Waals surface area (Å²) in [6, 6.07) is 0. The lowest BCUT2D eigenvalue weighted by Gasteiger charge is -2.37. The summed E-state index contributed by atoms with van der Waals surface area (Å²) < 4.78 is 10.7. The van der Waals surface area contributed by atoms with Crippen molar-refractivity contribution < 1.29 is 14.6 Å². The molecule has 3 atom stereocenters. The Labute approximate surface area is 91.2 Å². The molecule has 2 heterocycles. The number of aliphatic hydroxyl groups is 1. The van der Waals surface area contributed by atoms with E-state index in [2.05, 4.69) is 11.8 Å². The number of rotatable bonds is 2. The molecule has 4 nitrogen and oxygen atoms in total. The first-order valence-corrected chi connectivity index (χ1v) is 5.85. The number of likely N-dealkylation sites (tertiary alicyclic amines) is 1.